The largest absolute Gasteiger partial charge is 0.459 e. The van der Waals surface area contributed by atoms with Crippen LogP contribution in [0.4, 0.5) is 22.0 Å². The van der Waals surface area contributed by atoms with Gasteiger partial charge in [0.1, 0.15) is 17.2 Å². The maximum Gasteiger partial charge on any atom is 0.323 e. The number of carbonyl (C=O) groups is 2. The van der Waals surface area contributed by atoms with Gasteiger partial charge in [0.25, 0.3) is 5.91 Å². The second-order valence-corrected chi connectivity index (χ2v) is 14.4. The first-order valence-electron chi connectivity index (χ1n) is 17.7. The maximum atomic E-state index is 14.3. The summed E-state index contributed by atoms with van der Waals surface area (Å²) >= 11 is 0. The van der Waals surface area contributed by atoms with Crippen molar-refractivity contribution in [2.45, 2.75) is 83.3 Å². The number of nitrogens with one attached hydrogen (secondary N) is 1. The molecular formula is C41H41F5N2O6. The Hall–Kier alpha value is -4.69. The molecule has 0 unspecified atom stereocenters. The summed E-state index contributed by atoms with van der Waals surface area (Å²) in [6, 6.07) is 21.3. The fourth-order valence-corrected chi connectivity index (χ4v) is 6.82. The highest BCUT2D eigenvalue weighted by Gasteiger charge is 2.39. The first kappa shape index (κ1) is 39.0. The summed E-state index contributed by atoms with van der Waals surface area (Å²) in [5.41, 5.74) is 2.09. The summed E-state index contributed by atoms with van der Waals surface area (Å²) in [5.74, 6) is -12.9. The van der Waals surface area contributed by atoms with Crippen LogP contribution in [0.2, 0.25) is 0 Å². The zero-order valence-electron chi connectivity index (χ0n) is 30.0. The minimum atomic E-state index is -2.35. The van der Waals surface area contributed by atoms with Gasteiger partial charge in [-0.15, -0.1) is 0 Å². The van der Waals surface area contributed by atoms with Crippen LogP contribution in [-0.2, 0) is 32.2 Å². The number of benzene rings is 4. The van der Waals surface area contributed by atoms with Gasteiger partial charge in [0.2, 0.25) is 5.82 Å². The molecule has 0 bridgehead atoms. The molecule has 0 aliphatic carbocycles. The Labute approximate surface area is 309 Å². The van der Waals surface area contributed by atoms with Crippen molar-refractivity contribution in [3.8, 4) is 11.1 Å². The Balaban J connectivity index is 1.20. The Morgan fingerprint density at radius 3 is 2.13 bits per heavy atom. The van der Waals surface area contributed by atoms with Crippen molar-refractivity contribution >= 4 is 11.9 Å². The molecule has 2 aliphatic heterocycles. The summed E-state index contributed by atoms with van der Waals surface area (Å²) < 4.78 is 88.3. The van der Waals surface area contributed by atoms with E-state index in [4.69, 9.17) is 14.2 Å². The number of aliphatic hydroxyl groups is 1. The van der Waals surface area contributed by atoms with Gasteiger partial charge in [-0.05, 0) is 68.0 Å². The number of hydrogen-bond acceptors (Lipinski definition) is 7. The third-order valence-corrected chi connectivity index (χ3v) is 9.48. The monoisotopic (exact) mass is 752 g/mol. The molecule has 2 aliphatic rings. The van der Waals surface area contributed by atoms with E-state index in [0.29, 0.717) is 41.6 Å². The highest BCUT2D eigenvalue weighted by molar-refractivity contribution is 5.95. The molecule has 0 radical (unpaired) electrons. The van der Waals surface area contributed by atoms with Crippen molar-refractivity contribution in [3.05, 3.63) is 130 Å². The van der Waals surface area contributed by atoms with E-state index in [9.17, 15) is 36.6 Å². The van der Waals surface area contributed by atoms with Crippen LogP contribution in [0.5, 0.6) is 0 Å². The third-order valence-electron chi connectivity index (χ3n) is 9.48. The number of nitrogens with zero attached hydrogens (tertiary/aromatic N) is 1. The molecule has 6 rings (SSSR count). The smallest absolute Gasteiger partial charge is 0.323 e. The molecule has 2 saturated heterocycles. The van der Waals surface area contributed by atoms with Crippen LogP contribution in [0, 0.1) is 29.1 Å². The van der Waals surface area contributed by atoms with Gasteiger partial charge >= 0.3 is 5.97 Å². The van der Waals surface area contributed by atoms with E-state index in [1.807, 2.05) is 69.3 Å². The predicted octanol–water partition coefficient (Wildman–Crippen LogP) is 7.82. The van der Waals surface area contributed by atoms with Crippen molar-refractivity contribution in [2.75, 3.05) is 13.1 Å². The zero-order chi connectivity index (χ0) is 38.7. The minimum absolute atomic E-state index is 0.0889. The number of esters is 1. The molecular weight excluding hydrogens is 711 g/mol. The lowest BCUT2D eigenvalue weighted by Crippen LogP contribution is -2.45. The standard InChI is InChI=1S/C41H41F5N2O6/c1-41(2,3)54-39(51)30-9-6-18-48(30)21-28-19-31(25-12-10-23(22-49)11-13-25)53-40(52-28)26-16-14-24(15-17-26)29-8-5-4-7-27(29)20-47-38(50)32-33(42)35(44)37(46)36(45)34(32)43/h4-5,7-8,10-17,28,30-31,40,49H,6,9,18-22H2,1-3H3,(H,47,50)/t28-,30-,31+,40+/m0/s1. The second kappa shape index (κ2) is 16.4. The molecule has 2 fully saturated rings. The Kier molecular flexibility index (Phi) is 11.8. The fourth-order valence-electron chi connectivity index (χ4n) is 6.82. The van der Waals surface area contributed by atoms with E-state index in [-0.39, 0.29) is 37.4 Å². The number of carbonyl (C=O) groups excluding carboxylic acids is 2. The average molecular weight is 753 g/mol. The van der Waals surface area contributed by atoms with Gasteiger partial charge in [-0.2, -0.15) is 0 Å². The molecule has 0 spiro atoms. The molecule has 4 atom stereocenters. The minimum Gasteiger partial charge on any atom is -0.459 e. The Bertz CT molecular complexity index is 1960. The topological polar surface area (TPSA) is 97.3 Å². The van der Waals surface area contributed by atoms with E-state index in [2.05, 4.69) is 10.2 Å². The van der Waals surface area contributed by atoms with E-state index in [0.717, 1.165) is 24.1 Å². The SMILES string of the molecule is CC(C)(C)OC(=O)[C@@H]1CCCN1C[C@@H]1C[C@H](c2ccc(CO)cc2)O[C@H](c2ccc(-c3ccccc3CNC(=O)c3c(F)c(F)c(F)c(F)c3F)cc2)O1. The van der Waals surface area contributed by atoms with Crippen molar-refractivity contribution in [1.82, 2.24) is 10.2 Å². The van der Waals surface area contributed by atoms with Crippen LogP contribution >= 0.6 is 0 Å². The molecule has 1 amide bonds. The van der Waals surface area contributed by atoms with Gasteiger partial charge in [-0.1, -0.05) is 72.8 Å². The number of ether oxygens (including phenoxy) is 3. The first-order valence-corrected chi connectivity index (χ1v) is 17.7. The van der Waals surface area contributed by atoms with Gasteiger partial charge in [0, 0.05) is 25.1 Å². The molecule has 0 aromatic heterocycles. The van der Waals surface area contributed by atoms with Crippen LogP contribution in [0.1, 0.15) is 85.0 Å². The summed E-state index contributed by atoms with van der Waals surface area (Å²) in [7, 11) is 0. The van der Waals surface area contributed by atoms with Crippen molar-refractivity contribution in [3.63, 3.8) is 0 Å². The lowest BCUT2D eigenvalue weighted by atomic mass is 9.97. The predicted molar refractivity (Wildman–Crippen MR) is 188 cm³/mol. The van der Waals surface area contributed by atoms with Gasteiger partial charge in [0.05, 0.1) is 18.8 Å². The summed E-state index contributed by atoms with van der Waals surface area (Å²) in [4.78, 5) is 27.8. The molecule has 0 saturated carbocycles. The lowest BCUT2D eigenvalue weighted by Gasteiger charge is -2.38. The van der Waals surface area contributed by atoms with Crippen LogP contribution in [0.3, 0.4) is 0 Å². The van der Waals surface area contributed by atoms with E-state index < -0.39 is 52.4 Å². The number of aliphatic hydroxyl groups excluding tert-OH is 1. The van der Waals surface area contributed by atoms with E-state index in [1.54, 1.807) is 24.3 Å². The summed E-state index contributed by atoms with van der Waals surface area (Å²) in [6.45, 7) is 6.38. The van der Waals surface area contributed by atoms with E-state index in [1.165, 1.54) is 0 Å². The number of rotatable bonds is 10. The average Bonchev–Trinajstić information content (AvgIpc) is 3.63. The maximum absolute atomic E-state index is 14.3. The lowest BCUT2D eigenvalue weighted by molar-refractivity contribution is -0.253. The van der Waals surface area contributed by atoms with Gasteiger partial charge < -0.3 is 24.6 Å². The summed E-state index contributed by atoms with van der Waals surface area (Å²) in [6.07, 6.45) is 0.624. The normalized spacial score (nSPS) is 20.5. The highest BCUT2D eigenvalue weighted by Crippen LogP contribution is 2.39. The highest BCUT2D eigenvalue weighted by atomic mass is 19.2. The number of hydrogen-bond donors (Lipinski definition) is 2. The second-order valence-electron chi connectivity index (χ2n) is 14.4. The Morgan fingerprint density at radius 2 is 1.48 bits per heavy atom. The van der Waals surface area contributed by atoms with Crippen LogP contribution < -0.4 is 5.32 Å². The molecule has 13 heteroatoms. The molecule has 2 heterocycles. The van der Waals surface area contributed by atoms with Crippen molar-refractivity contribution in [2.24, 2.45) is 0 Å². The number of amides is 1. The molecule has 286 valence electrons. The Morgan fingerprint density at radius 1 is 0.852 bits per heavy atom. The van der Waals surface area contributed by atoms with Gasteiger partial charge in [0.15, 0.2) is 29.6 Å². The number of halogens is 5. The van der Waals surface area contributed by atoms with Gasteiger partial charge in [-0.3, -0.25) is 14.5 Å². The van der Waals surface area contributed by atoms with E-state index >= 15 is 0 Å². The van der Waals surface area contributed by atoms with Crippen LogP contribution in [-0.4, -0.2) is 52.7 Å². The number of likely N-dealkylation sites (tertiary alicyclic amines) is 1. The molecule has 4 aromatic rings. The molecule has 4 aromatic carbocycles. The zero-order valence-corrected chi connectivity index (χ0v) is 30.0. The first-order chi connectivity index (χ1) is 25.7. The van der Waals surface area contributed by atoms with Gasteiger partial charge in [-0.25, -0.2) is 22.0 Å². The molecule has 54 heavy (non-hydrogen) atoms. The molecule has 2 N–H and O–H groups in total. The quantitative estimate of drug-likeness (QED) is 0.0738. The molecule has 8 nitrogen and oxygen atoms in total. The van der Waals surface area contributed by atoms with Crippen molar-refractivity contribution < 1.29 is 50.9 Å². The van der Waals surface area contributed by atoms with Crippen LogP contribution in [0.15, 0.2) is 72.8 Å². The van der Waals surface area contributed by atoms with Crippen LogP contribution in [0.25, 0.3) is 11.1 Å². The summed E-state index contributed by atoms with van der Waals surface area (Å²) in [5, 5.41) is 11.8. The third kappa shape index (κ3) is 8.65. The fraction of sp³-hybridized carbons (Fsp3) is 0.366. The van der Waals surface area contributed by atoms with Crippen molar-refractivity contribution in [1.29, 1.82) is 0 Å².